The number of hydrogen-bond acceptors (Lipinski definition) is 5. The zero-order valence-electron chi connectivity index (χ0n) is 12.7. The van der Waals surface area contributed by atoms with Crippen molar-refractivity contribution in [1.29, 1.82) is 0 Å². The number of nitro benzene ring substituents is 1. The molecule has 1 atom stereocenters. The molecule has 1 saturated heterocycles. The van der Waals surface area contributed by atoms with Gasteiger partial charge in [0.15, 0.2) is 0 Å². The van der Waals surface area contributed by atoms with Gasteiger partial charge in [0.1, 0.15) is 5.69 Å². The van der Waals surface area contributed by atoms with Crippen LogP contribution in [0.15, 0.2) is 18.2 Å². The van der Waals surface area contributed by atoms with Crippen molar-refractivity contribution in [3.05, 3.63) is 33.9 Å². The van der Waals surface area contributed by atoms with Gasteiger partial charge in [-0.05, 0) is 25.0 Å². The highest BCUT2D eigenvalue weighted by atomic mass is 16.6. The summed E-state index contributed by atoms with van der Waals surface area (Å²) in [5.41, 5.74) is 1.84. The lowest BCUT2D eigenvalue weighted by Crippen LogP contribution is -2.40. The number of benzene rings is 1. The van der Waals surface area contributed by atoms with Gasteiger partial charge in [-0.15, -0.1) is 0 Å². The minimum atomic E-state index is -0.335. The molecule has 1 aromatic rings. The van der Waals surface area contributed by atoms with E-state index >= 15 is 0 Å². The van der Waals surface area contributed by atoms with Crippen LogP contribution in [-0.4, -0.2) is 42.2 Å². The Hall–Kier alpha value is -1.66. The molecule has 1 fully saturated rings. The number of hydrogen-bond donors (Lipinski definition) is 1. The summed E-state index contributed by atoms with van der Waals surface area (Å²) in [5, 5.41) is 14.2. The Labute approximate surface area is 125 Å². The Kier molecular flexibility index (Phi) is 5.52. The summed E-state index contributed by atoms with van der Waals surface area (Å²) in [7, 11) is 0. The van der Waals surface area contributed by atoms with E-state index in [0.717, 1.165) is 44.8 Å². The molecule has 0 aliphatic carbocycles. The zero-order chi connectivity index (χ0) is 15.2. The Morgan fingerprint density at radius 1 is 1.52 bits per heavy atom. The molecule has 0 bridgehead atoms. The van der Waals surface area contributed by atoms with E-state index in [1.165, 1.54) is 0 Å². The van der Waals surface area contributed by atoms with Gasteiger partial charge in [0.2, 0.25) is 0 Å². The van der Waals surface area contributed by atoms with Crippen molar-refractivity contribution in [2.75, 3.05) is 31.6 Å². The topological polar surface area (TPSA) is 67.6 Å². The van der Waals surface area contributed by atoms with E-state index in [1.807, 2.05) is 19.1 Å². The lowest BCUT2D eigenvalue weighted by molar-refractivity contribution is -0.384. The summed E-state index contributed by atoms with van der Waals surface area (Å²) in [6, 6.07) is 5.33. The van der Waals surface area contributed by atoms with Crippen LogP contribution in [0.4, 0.5) is 11.4 Å². The monoisotopic (exact) mass is 293 g/mol. The molecule has 0 spiro atoms. The third-order valence-electron chi connectivity index (χ3n) is 3.55. The van der Waals surface area contributed by atoms with E-state index in [2.05, 4.69) is 17.1 Å². The summed E-state index contributed by atoms with van der Waals surface area (Å²) in [6.45, 7) is 8.18. The van der Waals surface area contributed by atoms with Gasteiger partial charge in [-0.25, -0.2) is 0 Å². The molecular formula is C15H23N3O3. The maximum atomic E-state index is 11.1. The molecule has 2 rings (SSSR count). The van der Waals surface area contributed by atoms with Gasteiger partial charge >= 0.3 is 0 Å². The Morgan fingerprint density at radius 2 is 2.33 bits per heavy atom. The van der Waals surface area contributed by atoms with Crippen LogP contribution in [0.5, 0.6) is 0 Å². The molecule has 0 radical (unpaired) electrons. The van der Waals surface area contributed by atoms with Gasteiger partial charge in [0, 0.05) is 32.2 Å². The van der Waals surface area contributed by atoms with E-state index < -0.39 is 0 Å². The number of rotatable bonds is 6. The molecule has 1 heterocycles. The van der Waals surface area contributed by atoms with E-state index in [0.29, 0.717) is 5.69 Å². The fraction of sp³-hybridized carbons (Fsp3) is 0.600. The fourth-order valence-electron chi connectivity index (χ4n) is 2.53. The third-order valence-corrected chi connectivity index (χ3v) is 3.55. The van der Waals surface area contributed by atoms with Crippen LogP contribution >= 0.6 is 0 Å². The Bertz CT molecular complexity index is 493. The smallest absolute Gasteiger partial charge is 0.292 e. The lowest BCUT2D eigenvalue weighted by atomic mass is 10.1. The van der Waals surface area contributed by atoms with Gasteiger partial charge in [-0.2, -0.15) is 0 Å². The second kappa shape index (κ2) is 7.38. The second-order valence-electron chi connectivity index (χ2n) is 5.45. The van der Waals surface area contributed by atoms with E-state index in [4.69, 9.17) is 4.74 Å². The molecule has 1 aromatic carbocycles. The highest BCUT2D eigenvalue weighted by Gasteiger charge is 2.18. The number of morpholine rings is 1. The molecule has 1 unspecified atom stereocenters. The summed E-state index contributed by atoms with van der Waals surface area (Å²) >= 11 is 0. The summed E-state index contributed by atoms with van der Waals surface area (Å²) in [5.74, 6) is 0. The molecule has 1 aliphatic rings. The predicted molar refractivity (Wildman–Crippen MR) is 82.6 cm³/mol. The second-order valence-corrected chi connectivity index (χ2v) is 5.45. The van der Waals surface area contributed by atoms with Crippen molar-refractivity contribution in [3.8, 4) is 0 Å². The molecule has 21 heavy (non-hydrogen) atoms. The van der Waals surface area contributed by atoms with Crippen molar-refractivity contribution in [1.82, 2.24) is 4.90 Å². The molecule has 6 heteroatoms. The first-order valence-corrected chi connectivity index (χ1v) is 7.45. The Balaban J connectivity index is 2.10. The number of nitrogens with one attached hydrogen (secondary N) is 1. The molecule has 6 nitrogen and oxygen atoms in total. The first-order chi connectivity index (χ1) is 10.1. The first kappa shape index (κ1) is 15.7. The minimum Gasteiger partial charge on any atom is -0.379 e. The van der Waals surface area contributed by atoms with E-state index in [1.54, 1.807) is 6.07 Å². The molecule has 0 saturated carbocycles. The van der Waals surface area contributed by atoms with Crippen LogP contribution in [0.1, 0.15) is 25.8 Å². The van der Waals surface area contributed by atoms with Crippen LogP contribution in [0.3, 0.4) is 0 Å². The largest absolute Gasteiger partial charge is 0.379 e. The quantitative estimate of drug-likeness (QED) is 0.645. The number of nitro groups is 1. The van der Waals surface area contributed by atoms with Crippen LogP contribution in [0.25, 0.3) is 0 Å². The molecule has 116 valence electrons. The zero-order valence-corrected chi connectivity index (χ0v) is 12.7. The van der Waals surface area contributed by atoms with Crippen molar-refractivity contribution >= 4 is 11.4 Å². The molecule has 1 aliphatic heterocycles. The van der Waals surface area contributed by atoms with E-state index in [9.17, 15) is 10.1 Å². The average Bonchev–Trinajstić information content (AvgIpc) is 2.45. The van der Waals surface area contributed by atoms with Crippen LogP contribution in [-0.2, 0) is 11.3 Å². The summed E-state index contributed by atoms with van der Waals surface area (Å²) < 4.78 is 5.53. The lowest BCUT2D eigenvalue weighted by Gasteiger charge is -2.31. The molecule has 0 amide bonds. The van der Waals surface area contributed by atoms with Crippen molar-refractivity contribution < 1.29 is 9.66 Å². The summed E-state index contributed by atoms with van der Waals surface area (Å²) in [6.07, 6.45) is 1.18. The van der Waals surface area contributed by atoms with Crippen molar-refractivity contribution in [2.24, 2.45) is 0 Å². The Morgan fingerprint density at radius 3 is 3.00 bits per heavy atom. The van der Waals surface area contributed by atoms with Gasteiger partial charge in [0.05, 0.1) is 17.6 Å². The number of anilines is 1. The maximum Gasteiger partial charge on any atom is 0.292 e. The molecular weight excluding hydrogens is 270 g/mol. The van der Waals surface area contributed by atoms with E-state index in [-0.39, 0.29) is 16.7 Å². The highest BCUT2D eigenvalue weighted by Crippen LogP contribution is 2.26. The van der Waals surface area contributed by atoms with Gasteiger partial charge in [-0.3, -0.25) is 15.0 Å². The van der Waals surface area contributed by atoms with Gasteiger partial charge in [0.25, 0.3) is 5.69 Å². The normalized spacial score (nSPS) is 19.4. The van der Waals surface area contributed by atoms with Crippen LogP contribution in [0, 0.1) is 10.1 Å². The predicted octanol–water partition coefficient (Wildman–Crippen LogP) is 2.64. The van der Waals surface area contributed by atoms with Crippen molar-refractivity contribution in [3.63, 3.8) is 0 Å². The SMILES string of the molecule is CCCNc1cc(CN2CCOC(C)C2)ccc1[N+](=O)[O-]. The highest BCUT2D eigenvalue weighted by molar-refractivity contribution is 5.62. The van der Waals surface area contributed by atoms with Gasteiger partial charge < -0.3 is 10.1 Å². The summed E-state index contributed by atoms with van der Waals surface area (Å²) in [4.78, 5) is 13.1. The number of nitrogens with zero attached hydrogens (tertiary/aromatic N) is 2. The maximum absolute atomic E-state index is 11.1. The van der Waals surface area contributed by atoms with Crippen molar-refractivity contribution in [2.45, 2.75) is 32.9 Å². The molecule has 1 N–H and O–H groups in total. The first-order valence-electron chi connectivity index (χ1n) is 7.45. The van der Waals surface area contributed by atoms with Crippen LogP contribution < -0.4 is 5.32 Å². The van der Waals surface area contributed by atoms with Crippen LogP contribution in [0.2, 0.25) is 0 Å². The molecule has 0 aromatic heterocycles. The standard InChI is InChI=1S/C15H23N3O3/c1-3-6-16-14-9-13(4-5-15(14)18(19)20)11-17-7-8-21-12(2)10-17/h4-5,9,12,16H,3,6-8,10-11H2,1-2H3. The average molecular weight is 293 g/mol. The minimum absolute atomic E-state index is 0.141. The number of ether oxygens (including phenoxy) is 1. The van der Waals surface area contributed by atoms with Gasteiger partial charge in [-0.1, -0.05) is 13.0 Å². The fourth-order valence-corrected chi connectivity index (χ4v) is 2.53. The third kappa shape index (κ3) is 4.41.